The quantitative estimate of drug-likeness (QED) is 0.898. The van der Waals surface area contributed by atoms with Crippen LogP contribution < -0.4 is 5.73 Å². The van der Waals surface area contributed by atoms with Crippen LogP contribution in [-0.2, 0) is 5.92 Å². The molecular formula is C14H20F2N2. The maximum atomic E-state index is 13.6. The fourth-order valence-corrected chi connectivity index (χ4v) is 2.83. The van der Waals surface area contributed by atoms with E-state index in [1.807, 2.05) is 19.2 Å². The summed E-state index contributed by atoms with van der Waals surface area (Å²) in [5.41, 5.74) is 6.56. The molecule has 0 aliphatic carbocycles. The van der Waals surface area contributed by atoms with Crippen molar-refractivity contribution in [1.29, 1.82) is 0 Å². The van der Waals surface area contributed by atoms with Gasteiger partial charge in [0.15, 0.2) is 0 Å². The third kappa shape index (κ3) is 2.54. The van der Waals surface area contributed by atoms with Crippen LogP contribution in [0.1, 0.15) is 30.5 Å². The summed E-state index contributed by atoms with van der Waals surface area (Å²) in [4.78, 5) is 2.13. The first-order chi connectivity index (χ1) is 8.43. The van der Waals surface area contributed by atoms with Crippen molar-refractivity contribution in [2.24, 2.45) is 11.7 Å². The van der Waals surface area contributed by atoms with Crippen LogP contribution >= 0.6 is 0 Å². The van der Waals surface area contributed by atoms with E-state index in [0.717, 1.165) is 25.5 Å². The molecule has 2 nitrogen and oxygen atoms in total. The zero-order chi connectivity index (χ0) is 13.3. The number of alkyl halides is 2. The number of hydrogen-bond donors (Lipinski definition) is 1. The zero-order valence-corrected chi connectivity index (χ0v) is 10.9. The fourth-order valence-electron chi connectivity index (χ4n) is 2.83. The Kier molecular flexibility index (Phi) is 3.69. The number of nitrogens with two attached hydrogens (primary N) is 1. The highest BCUT2D eigenvalue weighted by molar-refractivity contribution is 5.34. The third-order valence-corrected chi connectivity index (χ3v) is 3.76. The van der Waals surface area contributed by atoms with Crippen molar-refractivity contribution in [2.45, 2.75) is 25.3 Å². The zero-order valence-electron chi connectivity index (χ0n) is 10.9. The number of likely N-dealkylation sites (tertiary alicyclic amines) is 1. The van der Waals surface area contributed by atoms with Crippen LogP contribution in [0, 0.1) is 5.92 Å². The standard InChI is InChI=1S/C14H20F2N2/c1-14(15,16)12-6-4-3-5-11(12)13-7-10(8-17)9-18(13)2/h3-6,10,13H,7-9,17H2,1-2H3. The first kappa shape index (κ1) is 13.4. The van der Waals surface area contributed by atoms with Crippen molar-refractivity contribution >= 4 is 0 Å². The van der Waals surface area contributed by atoms with E-state index in [2.05, 4.69) is 4.90 Å². The molecule has 0 aromatic heterocycles. The predicted octanol–water partition coefficient (Wildman–Crippen LogP) is 2.75. The van der Waals surface area contributed by atoms with Crippen molar-refractivity contribution in [1.82, 2.24) is 4.90 Å². The first-order valence-electron chi connectivity index (χ1n) is 6.31. The molecule has 18 heavy (non-hydrogen) atoms. The Morgan fingerprint density at radius 2 is 2.06 bits per heavy atom. The average Bonchev–Trinajstić information content (AvgIpc) is 2.69. The van der Waals surface area contributed by atoms with Gasteiger partial charge in [0.2, 0.25) is 0 Å². The highest BCUT2D eigenvalue weighted by Crippen LogP contribution is 2.40. The Labute approximate surface area is 107 Å². The molecular weight excluding hydrogens is 234 g/mol. The summed E-state index contributed by atoms with van der Waals surface area (Å²) in [6.45, 7) is 2.46. The third-order valence-electron chi connectivity index (χ3n) is 3.76. The second kappa shape index (κ2) is 4.94. The summed E-state index contributed by atoms with van der Waals surface area (Å²) in [6, 6.07) is 6.89. The summed E-state index contributed by atoms with van der Waals surface area (Å²) in [6.07, 6.45) is 0.861. The summed E-state index contributed by atoms with van der Waals surface area (Å²) in [7, 11) is 1.98. The lowest BCUT2D eigenvalue weighted by atomic mass is 9.93. The SMILES string of the molecule is CN1CC(CN)CC1c1ccccc1C(C)(F)F. The topological polar surface area (TPSA) is 29.3 Å². The van der Waals surface area contributed by atoms with Gasteiger partial charge in [-0.15, -0.1) is 0 Å². The fraction of sp³-hybridized carbons (Fsp3) is 0.571. The number of benzene rings is 1. The van der Waals surface area contributed by atoms with Gasteiger partial charge in [-0.05, 0) is 31.5 Å². The molecule has 100 valence electrons. The lowest BCUT2D eigenvalue weighted by Crippen LogP contribution is -2.22. The smallest absolute Gasteiger partial charge is 0.270 e. The predicted molar refractivity (Wildman–Crippen MR) is 68.5 cm³/mol. The number of rotatable bonds is 3. The molecule has 2 unspecified atom stereocenters. The molecule has 2 rings (SSSR count). The van der Waals surface area contributed by atoms with E-state index < -0.39 is 5.92 Å². The van der Waals surface area contributed by atoms with E-state index in [9.17, 15) is 8.78 Å². The molecule has 1 saturated heterocycles. The normalized spacial score (nSPS) is 25.6. The molecule has 1 aromatic carbocycles. The molecule has 0 bridgehead atoms. The van der Waals surface area contributed by atoms with E-state index in [4.69, 9.17) is 5.73 Å². The first-order valence-corrected chi connectivity index (χ1v) is 6.31. The molecule has 0 saturated carbocycles. The minimum absolute atomic E-state index is 0.0561. The second-order valence-corrected chi connectivity index (χ2v) is 5.27. The van der Waals surface area contributed by atoms with Crippen LogP contribution in [-0.4, -0.2) is 25.0 Å². The molecule has 1 aliphatic rings. The molecule has 1 aromatic rings. The van der Waals surface area contributed by atoms with Gasteiger partial charge in [0, 0.05) is 25.1 Å². The van der Waals surface area contributed by atoms with Crippen molar-refractivity contribution in [2.75, 3.05) is 20.1 Å². The van der Waals surface area contributed by atoms with E-state index >= 15 is 0 Å². The highest BCUT2D eigenvalue weighted by atomic mass is 19.3. The van der Waals surface area contributed by atoms with Crippen molar-refractivity contribution < 1.29 is 8.78 Å². The van der Waals surface area contributed by atoms with Crippen molar-refractivity contribution in [3.05, 3.63) is 35.4 Å². The van der Waals surface area contributed by atoms with Crippen LogP contribution in [0.4, 0.5) is 8.78 Å². The van der Waals surface area contributed by atoms with Gasteiger partial charge in [-0.3, -0.25) is 4.90 Å². The van der Waals surface area contributed by atoms with Gasteiger partial charge in [0.25, 0.3) is 5.92 Å². The Morgan fingerprint density at radius 3 is 2.61 bits per heavy atom. The van der Waals surface area contributed by atoms with Gasteiger partial charge in [0.05, 0.1) is 0 Å². The van der Waals surface area contributed by atoms with E-state index in [0.29, 0.717) is 12.5 Å². The lowest BCUT2D eigenvalue weighted by molar-refractivity contribution is 0.0154. The molecule has 1 aliphatic heterocycles. The highest BCUT2D eigenvalue weighted by Gasteiger charge is 2.35. The maximum absolute atomic E-state index is 13.6. The van der Waals surface area contributed by atoms with Gasteiger partial charge in [-0.2, -0.15) is 0 Å². The van der Waals surface area contributed by atoms with Crippen LogP contribution in [0.15, 0.2) is 24.3 Å². The van der Waals surface area contributed by atoms with Crippen molar-refractivity contribution in [3.8, 4) is 0 Å². The molecule has 0 amide bonds. The molecule has 1 heterocycles. The molecule has 4 heteroatoms. The number of halogens is 2. The molecule has 1 fully saturated rings. The summed E-state index contributed by atoms with van der Waals surface area (Å²) >= 11 is 0. The van der Waals surface area contributed by atoms with Crippen LogP contribution in [0.3, 0.4) is 0 Å². The van der Waals surface area contributed by atoms with E-state index in [-0.39, 0.29) is 11.6 Å². The molecule has 2 N–H and O–H groups in total. The lowest BCUT2D eigenvalue weighted by Gasteiger charge is -2.24. The van der Waals surface area contributed by atoms with Gasteiger partial charge in [0.1, 0.15) is 0 Å². The summed E-state index contributed by atoms with van der Waals surface area (Å²) in [5, 5.41) is 0. The van der Waals surface area contributed by atoms with E-state index in [1.165, 1.54) is 6.07 Å². The molecule has 2 atom stereocenters. The Balaban J connectivity index is 2.34. The summed E-state index contributed by atoms with van der Waals surface area (Å²) in [5.74, 6) is -2.39. The Morgan fingerprint density at radius 1 is 1.39 bits per heavy atom. The van der Waals surface area contributed by atoms with Crippen LogP contribution in [0.5, 0.6) is 0 Å². The van der Waals surface area contributed by atoms with Gasteiger partial charge in [-0.25, -0.2) is 8.78 Å². The minimum atomic E-state index is -2.79. The largest absolute Gasteiger partial charge is 0.330 e. The minimum Gasteiger partial charge on any atom is -0.330 e. The molecule has 0 radical (unpaired) electrons. The number of hydrogen-bond acceptors (Lipinski definition) is 2. The summed E-state index contributed by atoms with van der Waals surface area (Å²) < 4.78 is 27.3. The van der Waals surface area contributed by atoms with Crippen LogP contribution in [0.2, 0.25) is 0 Å². The van der Waals surface area contributed by atoms with Gasteiger partial charge in [-0.1, -0.05) is 24.3 Å². The number of nitrogens with zero attached hydrogens (tertiary/aromatic N) is 1. The van der Waals surface area contributed by atoms with Gasteiger partial charge >= 0.3 is 0 Å². The van der Waals surface area contributed by atoms with Crippen LogP contribution in [0.25, 0.3) is 0 Å². The maximum Gasteiger partial charge on any atom is 0.270 e. The Hall–Kier alpha value is -1.00. The average molecular weight is 254 g/mol. The monoisotopic (exact) mass is 254 g/mol. The van der Waals surface area contributed by atoms with Crippen molar-refractivity contribution in [3.63, 3.8) is 0 Å². The van der Waals surface area contributed by atoms with Gasteiger partial charge < -0.3 is 5.73 Å². The Bertz CT molecular complexity index is 415. The second-order valence-electron chi connectivity index (χ2n) is 5.27. The van der Waals surface area contributed by atoms with E-state index in [1.54, 1.807) is 6.07 Å². The molecule has 0 spiro atoms.